The number of rotatable bonds is 8. The number of amides is 1. The number of ether oxygens (including phenoxy) is 1. The molecule has 5 nitrogen and oxygen atoms in total. The van der Waals surface area contributed by atoms with E-state index < -0.39 is 0 Å². The third-order valence-corrected chi connectivity index (χ3v) is 3.75. The molecule has 0 aliphatic heterocycles. The Bertz CT molecular complexity index is 666. The fourth-order valence-corrected chi connectivity index (χ4v) is 2.35. The highest BCUT2D eigenvalue weighted by Crippen LogP contribution is 2.12. The van der Waals surface area contributed by atoms with Gasteiger partial charge in [0.1, 0.15) is 23.9 Å². The van der Waals surface area contributed by atoms with Crippen molar-refractivity contribution in [1.29, 1.82) is 0 Å². The maximum absolute atomic E-state index is 12.2. The van der Waals surface area contributed by atoms with Crippen LogP contribution in [0.2, 0.25) is 0 Å². The van der Waals surface area contributed by atoms with Gasteiger partial charge in [-0.05, 0) is 50.7 Å². The van der Waals surface area contributed by atoms with Crippen molar-refractivity contribution in [2.75, 3.05) is 33.8 Å². The van der Waals surface area contributed by atoms with Gasteiger partial charge in [-0.1, -0.05) is 12.1 Å². The van der Waals surface area contributed by atoms with Crippen LogP contribution in [-0.4, -0.2) is 49.5 Å². The summed E-state index contributed by atoms with van der Waals surface area (Å²) in [5.74, 6) is 2.58. The molecule has 0 unspecified atom stereocenters. The van der Waals surface area contributed by atoms with Crippen molar-refractivity contribution in [3.05, 3.63) is 53.5 Å². The van der Waals surface area contributed by atoms with Gasteiger partial charge >= 0.3 is 0 Å². The summed E-state index contributed by atoms with van der Waals surface area (Å²) in [6, 6.07) is 11.8. The Kier molecular flexibility index (Phi) is 6.44. The number of nitrogens with zero attached hydrogens (tertiary/aromatic N) is 2. The second-order valence-electron chi connectivity index (χ2n) is 6.16. The van der Waals surface area contributed by atoms with E-state index in [1.165, 1.54) is 5.56 Å². The normalized spacial score (nSPS) is 10.9. The molecule has 0 aliphatic carbocycles. The number of furan rings is 1. The molecule has 0 atom stereocenters. The average molecular weight is 330 g/mol. The van der Waals surface area contributed by atoms with E-state index in [9.17, 15) is 4.79 Å². The SMILES string of the molecule is Cc1cccc(OCCN(C)CC(=O)N(C)Cc2ccc(C)o2)c1. The van der Waals surface area contributed by atoms with Gasteiger partial charge in [-0.3, -0.25) is 9.69 Å². The van der Waals surface area contributed by atoms with E-state index in [2.05, 4.69) is 0 Å². The molecule has 0 N–H and O–H groups in total. The maximum atomic E-state index is 12.2. The number of hydrogen-bond acceptors (Lipinski definition) is 4. The molecular formula is C19H26N2O3. The second kappa shape index (κ2) is 8.55. The molecule has 130 valence electrons. The predicted molar refractivity (Wildman–Crippen MR) is 94.1 cm³/mol. The minimum atomic E-state index is 0.0575. The topological polar surface area (TPSA) is 45.9 Å². The van der Waals surface area contributed by atoms with Crippen molar-refractivity contribution in [2.24, 2.45) is 0 Å². The summed E-state index contributed by atoms with van der Waals surface area (Å²) < 4.78 is 11.2. The molecule has 5 heteroatoms. The van der Waals surface area contributed by atoms with E-state index in [0.717, 1.165) is 17.3 Å². The van der Waals surface area contributed by atoms with Crippen LogP contribution in [0.3, 0.4) is 0 Å². The Balaban J connectivity index is 1.70. The summed E-state index contributed by atoms with van der Waals surface area (Å²) in [7, 11) is 3.71. The first kappa shape index (κ1) is 18.1. The lowest BCUT2D eigenvalue weighted by Gasteiger charge is -2.21. The van der Waals surface area contributed by atoms with Crippen LogP contribution in [0.5, 0.6) is 5.75 Å². The number of carbonyl (C=O) groups is 1. The van der Waals surface area contributed by atoms with E-state index in [1.54, 1.807) is 11.9 Å². The third-order valence-electron chi connectivity index (χ3n) is 3.75. The minimum absolute atomic E-state index is 0.0575. The first-order valence-electron chi connectivity index (χ1n) is 8.11. The van der Waals surface area contributed by atoms with E-state index in [4.69, 9.17) is 9.15 Å². The summed E-state index contributed by atoms with van der Waals surface area (Å²) in [5.41, 5.74) is 1.17. The lowest BCUT2D eigenvalue weighted by atomic mass is 10.2. The average Bonchev–Trinajstić information content (AvgIpc) is 2.92. The van der Waals surface area contributed by atoms with Crippen LogP contribution >= 0.6 is 0 Å². The first-order chi connectivity index (χ1) is 11.4. The summed E-state index contributed by atoms with van der Waals surface area (Å²) in [4.78, 5) is 15.9. The standard InChI is InChI=1S/C19H26N2O3/c1-15-6-5-7-17(12-15)23-11-10-20(3)14-19(22)21(4)13-18-9-8-16(2)24-18/h5-9,12H,10-11,13-14H2,1-4H3. The molecule has 1 aromatic carbocycles. The Morgan fingerprint density at radius 3 is 2.62 bits per heavy atom. The smallest absolute Gasteiger partial charge is 0.236 e. The Labute approximate surface area is 143 Å². The molecule has 0 spiro atoms. The van der Waals surface area contributed by atoms with Crippen LogP contribution in [0.1, 0.15) is 17.1 Å². The van der Waals surface area contributed by atoms with Crippen molar-refractivity contribution in [3.8, 4) is 5.75 Å². The molecule has 24 heavy (non-hydrogen) atoms. The Morgan fingerprint density at radius 1 is 1.17 bits per heavy atom. The molecule has 0 radical (unpaired) electrons. The molecule has 0 fully saturated rings. The fourth-order valence-electron chi connectivity index (χ4n) is 2.35. The van der Waals surface area contributed by atoms with Crippen molar-refractivity contribution < 1.29 is 13.9 Å². The van der Waals surface area contributed by atoms with Gasteiger partial charge in [-0.2, -0.15) is 0 Å². The highest BCUT2D eigenvalue weighted by atomic mass is 16.5. The molecule has 1 amide bonds. The van der Waals surface area contributed by atoms with Gasteiger partial charge in [0.25, 0.3) is 0 Å². The van der Waals surface area contributed by atoms with Gasteiger partial charge in [-0.15, -0.1) is 0 Å². The minimum Gasteiger partial charge on any atom is -0.492 e. The maximum Gasteiger partial charge on any atom is 0.236 e. The number of hydrogen-bond donors (Lipinski definition) is 0. The highest BCUT2D eigenvalue weighted by Gasteiger charge is 2.13. The zero-order chi connectivity index (χ0) is 17.5. The van der Waals surface area contributed by atoms with Crippen LogP contribution < -0.4 is 4.74 Å². The molecule has 1 aromatic heterocycles. The van der Waals surface area contributed by atoms with E-state index in [0.29, 0.717) is 26.2 Å². The Morgan fingerprint density at radius 2 is 1.96 bits per heavy atom. The largest absolute Gasteiger partial charge is 0.492 e. The molecule has 2 aromatic rings. The molecular weight excluding hydrogens is 304 g/mol. The summed E-state index contributed by atoms with van der Waals surface area (Å²) >= 11 is 0. The van der Waals surface area contributed by atoms with Crippen molar-refractivity contribution in [2.45, 2.75) is 20.4 Å². The Hall–Kier alpha value is -2.27. The lowest BCUT2D eigenvalue weighted by Crippen LogP contribution is -2.37. The third kappa shape index (κ3) is 5.74. The van der Waals surface area contributed by atoms with Crippen LogP contribution in [0.4, 0.5) is 0 Å². The van der Waals surface area contributed by atoms with Crippen molar-refractivity contribution >= 4 is 5.91 Å². The van der Waals surface area contributed by atoms with Gasteiger partial charge < -0.3 is 14.1 Å². The molecule has 1 heterocycles. The molecule has 2 rings (SSSR count). The molecule has 0 saturated heterocycles. The number of likely N-dealkylation sites (N-methyl/N-ethyl adjacent to an activating group) is 2. The monoisotopic (exact) mass is 330 g/mol. The zero-order valence-electron chi connectivity index (χ0n) is 14.9. The quantitative estimate of drug-likeness (QED) is 0.747. The van der Waals surface area contributed by atoms with Gasteiger partial charge in [0.2, 0.25) is 5.91 Å². The van der Waals surface area contributed by atoms with Crippen molar-refractivity contribution in [3.63, 3.8) is 0 Å². The van der Waals surface area contributed by atoms with Gasteiger partial charge in [-0.25, -0.2) is 0 Å². The molecule has 0 saturated carbocycles. The lowest BCUT2D eigenvalue weighted by molar-refractivity contribution is -0.131. The van der Waals surface area contributed by atoms with E-state index >= 15 is 0 Å². The molecule has 0 aliphatic rings. The van der Waals surface area contributed by atoms with Crippen LogP contribution in [0.15, 0.2) is 40.8 Å². The van der Waals surface area contributed by atoms with Crippen LogP contribution in [0.25, 0.3) is 0 Å². The fraction of sp³-hybridized carbons (Fsp3) is 0.421. The molecule has 0 bridgehead atoms. The van der Waals surface area contributed by atoms with Crippen molar-refractivity contribution in [1.82, 2.24) is 9.80 Å². The van der Waals surface area contributed by atoms with E-state index in [-0.39, 0.29) is 5.91 Å². The summed E-state index contributed by atoms with van der Waals surface area (Å²) in [6.45, 7) is 6.01. The summed E-state index contributed by atoms with van der Waals surface area (Å²) in [6.07, 6.45) is 0. The second-order valence-corrected chi connectivity index (χ2v) is 6.16. The number of benzene rings is 1. The highest BCUT2D eigenvalue weighted by molar-refractivity contribution is 5.77. The van der Waals surface area contributed by atoms with Gasteiger partial charge in [0.15, 0.2) is 0 Å². The zero-order valence-corrected chi connectivity index (χ0v) is 14.9. The number of carbonyl (C=O) groups excluding carboxylic acids is 1. The number of aryl methyl sites for hydroxylation is 2. The first-order valence-corrected chi connectivity index (χ1v) is 8.11. The van der Waals surface area contributed by atoms with Crippen LogP contribution in [0, 0.1) is 13.8 Å². The van der Waals surface area contributed by atoms with Crippen LogP contribution in [-0.2, 0) is 11.3 Å². The van der Waals surface area contributed by atoms with Gasteiger partial charge in [0, 0.05) is 13.6 Å². The predicted octanol–water partition coefficient (Wildman–Crippen LogP) is 2.87. The summed E-state index contributed by atoms with van der Waals surface area (Å²) in [5, 5.41) is 0. The van der Waals surface area contributed by atoms with Gasteiger partial charge in [0.05, 0.1) is 13.1 Å². The van der Waals surface area contributed by atoms with E-state index in [1.807, 2.05) is 62.2 Å².